The molecular weight excluding hydrogens is 296 g/mol. The Labute approximate surface area is 134 Å². The highest BCUT2D eigenvalue weighted by molar-refractivity contribution is 5.98. The second-order valence-electron chi connectivity index (χ2n) is 5.80. The number of hydrogen-bond acceptors (Lipinski definition) is 5. The van der Waals surface area contributed by atoms with Crippen LogP contribution in [0.15, 0.2) is 23.0 Å². The van der Waals surface area contributed by atoms with Gasteiger partial charge in [-0.15, -0.1) is 0 Å². The Bertz CT molecular complexity index is 812. The monoisotopic (exact) mass is 316 g/mol. The average Bonchev–Trinajstić information content (AvgIpc) is 2.98. The average molecular weight is 316 g/mol. The topological polar surface area (TPSA) is 71.6 Å². The predicted molar refractivity (Wildman–Crippen MR) is 88.5 cm³/mol. The standard InChI is InChI=1S/C17H20N2O4/c1-10-5-4-6-19(10)14-8-11-7-12(17(21)23-3)15(22-2)9-13(11)18-16(14)20/h7-10H,4-6H2,1-3H3,(H,18,20)/t10-/m0/s1. The number of carbonyl (C=O) groups excluding carboxylic acids is 1. The minimum absolute atomic E-state index is 0.126. The van der Waals surface area contributed by atoms with E-state index < -0.39 is 5.97 Å². The van der Waals surface area contributed by atoms with Crippen LogP contribution in [0.2, 0.25) is 0 Å². The number of aromatic amines is 1. The summed E-state index contributed by atoms with van der Waals surface area (Å²) in [7, 11) is 2.81. The Kier molecular flexibility index (Phi) is 3.98. The molecule has 6 heteroatoms. The molecule has 3 rings (SSSR count). The highest BCUT2D eigenvalue weighted by Crippen LogP contribution is 2.28. The number of esters is 1. The number of fused-ring (bicyclic) bond motifs is 1. The number of rotatable bonds is 3. The SMILES string of the molecule is COC(=O)c1cc2cc(N3CCC[C@@H]3C)c(=O)[nH]c2cc1OC. The van der Waals surface area contributed by atoms with Gasteiger partial charge in [-0.1, -0.05) is 0 Å². The minimum Gasteiger partial charge on any atom is -0.496 e. The van der Waals surface area contributed by atoms with Gasteiger partial charge in [0.1, 0.15) is 17.0 Å². The number of nitrogens with zero attached hydrogens (tertiary/aromatic N) is 1. The molecule has 0 spiro atoms. The molecular formula is C17H20N2O4. The van der Waals surface area contributed by atoms with Gasteiger partial charge in [-0.25, -0.2) is 4.79 Å². The fraction of sp³-hybridized carbons (Fsp3) is 0.412. The van der Waals surface area contributed by atoms with Crippen molar-refractivity contribution in [1.82, 2.24) is 4.98 Å². The normalized spacial score (nSPS) is 17.5. The van der Waals surface area contributed by atoms with Gasteiger partial charge < -0.3 is 19.4 Å². The van der Waals surface area contributed by atoms with Crippen molar-refractivity contribution >= 4 is 22.6 Å². The van der Waals surface area contributed by atoms with Gasteiger partial charge in [0.2, 0.25) is 0 Å². The Hall–Kier alpha value is -2.50. The summed E-state index contributed by atoms with van der Waals surface area (Å²) in [6.45, 7) is 2.99. The van der Waals surface area contributed by atoms with Crippen molar-refractivity contribution < 1.29 is 14.3 Å². The van der Waals surface area contributed by atoms with Crippen LogP contribution in [0.4, 0.5) is 5.69 Å². The zero-order chi connectivity index (χ0) is 16.6. The molecule has 1 aromatic carbocycles. The summed E-state index contributed by atoms with van der Waals surface area (Å²) in [6, 6.07) is 5.52. The van der Waals surface area contributed by atoms with E-state index in [0.717, 1.165) is 24.8 Å². The zero-order valence-corrected chi connectivity index (χ0v) is 13.5. The quantitative estimate of drug-likeness (QED) is 0.880. The summed E-state index contributed by atoms with van der Waals surface area (Å²) >= 11 is 0. The number of benzene rings is 1. The lowest BCUT2D eigenvalue weighted by molar-refractivity contribution is 0.0597. The van der Waals surface area contributed by atoms with Crippen LogP contribution in [-0.2, 0) is 4.74 Å². The molecule has 1 aliphatic heterocycles. The highest BCUT2D eigenvalue weighted by Gasteiger charge is 2.23. The van der Waals surface area contributed by atoms with Crippen LogP contribution >= 0.6 is 0 Å². The van der Waals surface area contributed by atoms with E-state index in [1.54, 1.807) is 12.1 Å². The molecule has 0 saturated carbocycles. The Morgan fingerprint density at radius 1 is 1.30 bits per heavy atom. The van der Waals surface area contributed by atoms with E-state index in [-0.39, 0.29) is 5.56 Å². The fourth-order valence-electron chi connectivity index (χ4n) is 3.17. The molecule has 2 aromatic rings. The molecule has 23 heavy (non-hydrogen) atoms. The predicted octanol–water partition coefficient (Wildman–Crippen LogP) is 2.31. The van der Waals surface area contributed by atoms with Crippen LogP contribution in [0, 0.1) is 0 Å². The van der Waals surface area contributed by atoms with E-state index in [4.69, 9.17) is 9.47 Å². The first-order valence-electron chi connectivity index (χ1n) is 7.65. The highest BCUT2D eigenvalue weighted by atomic mass is 16.5. The molecule has 2 heterocycles. The number of anilines is 1. The van der Waals surface area contributed by atoms with Crippen LogP contribution in [0.5, 0.6) is 5.75 Å². The lowest BCUT2D eigenvalue weighted by atomic mass is 10.1. The van der Waals surface area contributed by atoms with Gasteiger partial charge in [0.05, 0.1) is 19.7 Å². The number of pyridine rings is 1. The molecule has 1 saturated heterocycles. The maximum atomic E-state index is 12.4. The Balaban J connectivity index is 2.18. The van der Waals surface area contributed by atoms with E-state index in [0.29, 0.717) is 28.6 Å². The van der Waals surface area contributed by atoms with Crippen LogP contribution in [-0.4, -0.2) is 37.8 Å². The van der Waals surface area contributed by atoms with E-state index in [9.17, 15) is 9.59 Å². The largest absolute Gasteiger partial charge is 0.496 e. The molecule has 1 aromatic heterocycles. The van der Waals surface area contributed by atoms with Gasteiger partial charge >= 0.3 is 5.97 Å². The third-order valence-corrected chi connectivity index (χ3v) is 4.41. The maximum absolute atomic E-state index is 12.4. The molecule has 1 fully saturated rings. The summed E-state index contributed by atoms with van der Waals surface area (Å²) in [5.41, 5.74) is 1.49. The van der Waals surface area contributed by atoms with Crippen molar-refractivity contribution in [1.29, 1.82) is 0 Å². The van der Waals surface area contributed by atoms with E-state index in [1.165, 1.54) is 14.2 Å². The van der Waals surface area contributed by atoms with Gasteiger partial charge in [0, 0.05) is 24.0 Å². The Morgan fingerprint density at radius 3 is 2.70 bits per heavy atom. The van der Waals surface area contributed by atoms with Crippen molar-refractivity contribution in [3.05, 3.63) is 34.1 Å². The smallest absolute Gasteiger partial charge is 0.341 e. The van der Waals surface area contributed by atoms with Crippen LogP contribution in [0.25, 0.3) is 10.9 Å². The number of hydrogen-bond donors (Lipinski definition) is 1. The van der Waals surface area contributed by atoms with Crippen LogP contribution in [0.3, 0.4) is 0 Å². The first-order valence-corrected chi connectivity index (χ1v) is 7.65. The van der Waals surface area contributed by atoms with Crippen molar-refractivity contribution in [3.63, 3.8) is 0 Å². The first kappa shape index (κ1) is 15.4. The molecule has 0 unspecified atom stereocenters. The van der Waals surface area contributed by atoms with Gasteiger partial charge in [-0.05, 0) is 31.9 Å². The summed E-state index contributed by atoms with van der Waals surface area (Å²) in [4.78, 5) is 29.3. The number of nitrogens with one attached hydrogen (secondary N) is 1. The first-order chi connectivity index (χ1) is 11.0. The van der Waals surface area contributed by atoms with Gasteiger partial charge in [-0.3, -0.25) is 4.79 Å². The molecule has 6 nitrogen and oxygen atoms in total. The third-order valence-electron chi connectivity index (χ3n) is 4.41. The van der Waals surface area contributed by atoms with E-state index in [2.05, 4.69) is 16.8 Å². The molecule has 0 radical (unpaired) electrons. The molecule has 1 atom stereocenters. The molecule has 0 bridgehead atoms. The van der Waals surface area contributed by atoms with E-state index in [1.807, 2.05) is 6.07 Å². The van der Waals surface area contributed by atoms with Gasteiger partial charge in [-0.2, -0.15) is 0 Å². The van der Waals surface area contributed by atoms with Crippen molar-refractivity contribution in [2.75, 3.05) is 25.7 Å². The number of carbonyl (C=O) groups is 1. The van der Waals surface area contributed by atoms with Crippen LogP contribution in [0.1, 0.15) is 30.1 Å². The fourth-order valence-corrected chi connectivity index (χ4v) is 3.17. The minimum atomic E-state index is -0.467. The molecule has 122 valence electrons. The Morgan fingerprint density at radius 2 is 2.09 bits per heavy atom. The second-order valence-corrected chi connectivity index (χ2v) is 5.80. The summed E-state index contributed by atoms with van der Waals surface area (Å²) < 4.78 is 10.0. The summed E-state index contributed by atoms with van der Waals surface area (Å²) in [5.74, 6) is -0.0895. The number of H-pyrrole nitrogens is 1. The summed E-state index contributed by atoms with van der Waals surface area (Å²) in [6.07, 6.45) is 2.15. The molecule has 0 aliphatic carbocycles. The second kappa shape index (κ2) is 5.95. The van der Waals surface area contributed by atoms with Gasteiger partial charge in [0.15, 0.2) is 0 Å². The lowest BCUT2D eigenvalue weighted by Gasteiger charge is -2.23. The lowest BCUT2D eigenvalue weighted by Crippen LogP contribution is -2.31. The summed E-state index contributed by atoms with van der Waals surface area (Å²) in [5, 5.41) is 0.778. The van der Waals surface area contributed by atoms with E-state index >= 15 is 0 Å². The maximum Gasteiger partial charge on any atom is 0.341 e. The van der Waals surface area contributed by atoms with Gasteiger partial charge in [0.25, 0.3) is 5.56 Å². The van der Waals surface area contributed by atoms with Crippen molar-refractivity contribution in [2.24, 2.45) is 0 Å². The van der Waals surface area contributed by atoms with Crippen molar-refractivity contribution in [2.45, 2.75) is 25.8 Å². The third kappa shape index (κ3) is 2.65. The number of aromatic nitrogens is 1. The number of methoxy groups -OCH3 is 2. The zero-order valence-electron chi connectivity index (χ0n) is 13.5. The van der Waals surface area contributed by atoms with Crippen LogP contribution < -0.4 is 15.2 Å². The molecule has 1 aliphatic rings. The number of ether oxygens (including phenoxy) is 2. The molecule has 1 N–H and O–H groups in total. The molecule has 0 amide bonds. The van der Waals surface area contributed by atoms with Crippen molar-refractivity contribution in [3.8, 4) is 5.75 Å².